The number of anilines is 2. The van der Waals surface area contributed by atoms with Gasteiger partial charge in [0.1, 0.15) is 5.75 Å². The summed E-state index contributed by atoms with van der Waals surface area (Å²) in [4.78, 5) is 13.7. The zero-order chi connectivity index (χ0) is 20.8. The van der Waals surface area contributed by atoms with Crippen molar-refractivity contribution in [1.82, 2.24) is 19.5 Å². The Hall–Kier alpha value is -2.87. The fourth-order valence-electron chi connectivity index (χ4n) is 3.12. The first-order valence-corrected chi connectivity index (χ1v) is 10.2. The Bertz CT molecular complexity index is 954. The molecule has 0 aliphatic rings. The smallest absolute Gasteiger partial charge is 0.226 e. The van der Waals surface area contributed by atoms with Crippen LogP contribution in [0.15, 0.2) is 24.5 Å². The van der Waals surface area contributed by atoms with Gasteiger partial charge in [-0.25, -0.2) is 4.98 Å². The van der Waals surface area contributed by atoms with E-state index in [-0.39, 0.29) is 5.75 Å². The van der Waals surface area contributed by atoms with Crippen molar-refractivity contribution < 1.29 is 10.2 Å². The normalized spacial score (nSPS) is 12.3. The minimum Gasteiger partial charge on any atom is -0.507 e. The maximum atomic E-state index is 10.3. The molecule has 2 heterocycles. The number of rotatable bonds is 10. The molecule has 0 aliphatic heterocycles. The van der Waals surface area contributed by atoms with Gasteiger partial charge in [0.05, 0.1) is 12.4 Å². The molecule has 1 aromatic carbocycles. The first kappa shape index (κ1) is 20.9. The summed E-state index contributed by atoms with van der Waals surface area (Å²) >= 11 is 0. The topological polar surface area (TPSA) is 108 Å². The Morgan fingerprint density at radius 3 is 2.76 bits per heavy atom. The van der Waals surface area contributed by atoms with E-state index in [9.17, 15) is 10.2 Å². The van der Waals surface area contributed by atoms with E-state index in [1.165, 1.54) is 0 Å². The number of aliphatic hydroxyl groups is 1. The Morgan fingerprint density at radius 1 is 1.17 bits per heavy atom. The lowest BCUT2D eigenvalue weighted by atomic mass is 10.1. The summed E-state index contributed by atoms with van der Waals surface area (Å²) in [6.07, 6.45) is 4.64. The first-order valence-electron chi connectivity index (χ1n) is 10.2. The van der Waals surface area contributed by atoms with Crippen LogP contribution in [-0.2, 0) is 13.1 Å². The van der Waals surface area contributed by atoms with Crippen molar-refractivity contribution in [2.45, 2.75) is 59.2 Å². The van der Waals surface area contributed by atoms with Crippen LogP contribution in [0.3, 0.4) is 0 Å². The summed E-state index contributed by atoms with van der Waals surface area (Å²) in [6.45, 7) is 7.37. The van der Waals surface area contributed by atoms with Gasteiger partial charge in [0.2, 0.25) is 5.95 Å². The molecular weight excluding hydrogens is 368 g/mol. The molecule has 0 saturated carbocycles. The van der Waals surface area contributed by atoms with Crippen molar-refractivity contribution in [3.63, 3.8) is 0 Å². The number of hydrogen-bond donors (Lipinski definition) is 4. The molecule has 0 radical (unpaired) electrons. The molecule has 0 saturated heterocycles. The molecule has 3 rings (SSSR count). The van der Waals surface area contributed by atoms with E-state index in [4.69, 9.17) is 0 Å². The number of aromatic hydroxyl groups is 1. The SMILES string of the molecule is CCCCCn1cnc2c(NCc3cccc(C)c3O)nc(NCC(C)O)nc21. The summed E-state index contributed by atoms with van der Waals surface area (Å²) in [5.74, 6) is 1.31. The predicted molar refractivity (Wildman–Crippen MR) is 115 cm³/mol. The number of nitrogens with zero attached hydrogens (tertiary/aromatic N) is 4. The molecular formula is C21H30N6O2. The molecule has 156 valence electrons. The van der Waals surface area contributed by atoms with E-state index >= 15 is 0 Å². The third-order valence-corrected chi connectivity index (χ3v) is 4.79. The highest BCUT2D eigenvalue weighted by Gasteiger charge is 2.14. The zero-order valence-electron chi connectivity index (χ0n) is 17.3. The highest BCUT2D eigenvalue weighted by Crippen LogP contribution is 2.25. The minimum atomic E-state index is -0.510. The van der Waals surface area contributed by atoms with Crippen LogP contribution >= 0.6 is 0 Å². The zero-order valence-corrected chi connectivity index (χ0v) is 17.3. The maximum absolute atomic E-state index is 10.3. The molecule has 0 fully saturated rings. The van der Waals surface area contributed by atoms with Crippen molar-refractivity contribution in [1.29, 1.82) is 0 Å². The number of aromatic nitrogens is 4. The summed E-state index contributed by atoms with van der Waals surface area (Å²) in [5, 5.41) is 26.2. The molecule has 3 aromatic rings. The molecule has 2 aromatic heterocycles. The van der Waals surface area contributed by atoms with Gasteiger partial charge < -0.3 is 25.4 Å². The number of benzene rings is 1. The number of fused-ring (bicyclic) bond motifs is 1. The van der Waals surface area contributed by atoms with Gasteiger partial charge in [-0.15, -0.1) is 0 Å². The number of nitrogens with one attached hydrogen (secondary N) is 2. The third-order valence-electron chi connectivity index (χ3n) is 4.79. The first-order chi connectivity index (χ1) is 14.0. The molecule has 29 heavy (non-hydrogen) atoms. The predicted octanol–water partition coefficient (Wildman–Crippen LogP) is 3.44. The molecule has 0 amide bonds. The highest BCUT2D eigenvalue weighted by molar-refractivity contribution is 5.84. The van der Waals surface area contributed by atoms with E-state index in [0.717, 1.165) is 42.6 Å². The molecule has 1 atom stereocenters. The number of hydrogen-bond acceptors (Lipinski definition) is 7. The van der Waals surface area contributed by atoms with E-state index < -0.39 is 6.10 Å². The lowest BCUT2D eigenvalue weighted by Gasteiger charge is -2.12. The minimum absolute atomic E-state index is 0.280. The maximum Gasteiger partial charge on any atom is 0.226 e. The van der Waals surface area contributed by atoms with Crippen molar-refractivity contribution in [2.75, 3.05) is 17.2 Å². The number of phenols is 1. The van der Waals surface area contributed by atoms with Crippen LogP contribution in [0.5, 0.6) is 5.75 Å². The summed E-state index contributed by atoms with van der Waals surface area (Å²) in [6, 6.07) is 5.67. The average molecular weight is 399 g/mol. The highest BCUT2D eigenvalue weighted by atomic mass is 16.3. The van der Waals surface area contributed by atoms with Crippen molar-refractivity contribution >= 4 is 22.9 Å². The summed E-state index contributed by atoms with van der Waals surface area (Å²) in [5.41, 5.74) is 3.06. The molecule has 8 heteroatoms. The Kier molecular flexibility index (Phi) is 6.87. The van der Waals surface area contributed by atoms with E-state index in [2.05, 4.69) is 32.5 Å². The molecule has 0 spiro atoms. The standard InChI is InChI=1S/C21H30N6O2/c1-4-5-6-10-27-13-24-17-19(22-12-16-9-7-8-14(2)18(16)29)25-21(26-20(17)27)23-11-15(3)28/h7-9,13,15,28-29H,4-6,10-12H2,1-3H3,(H2,22,23,25,26). The quantitative estimate of drug-likeness (QED) is 0.387. The van der Waals surface area contributed by atoms with Crippen molar-refractivity contribution in [2.24, 2.45) is 0 Å². The Balaban J connectivity index is 1.89. The number of phenolic OH excluding ortho intramolecular Hbond substituents is 1. The molecule has 0 bridgehead atoms. The lowest BCUT2D eigenvalue weighted by Crippen LogP contribution is -2.17. The Morgan fingerprint density at radius 2 is 2.00 bits per heavy atom. The average Bonchev–Trinajstić information content (AvgIpc) is 3.10. The number of aliphatic hydroxyl groups excluding tert-OH is 1. The van der Waals surface area contributed by atoms with Gasteiger partial charge in [0.25, 0.3) is 0 Å². The van der Waals surface area contributed by atoms with Gasteiger partial charge in [-0.3, -0.25) is 0 Å². The summed E-state index contributed by atoms with van der Waals surface area (Å²) < 4.78 is 2.04. The monoisotopic (exact) mass is 398 g/mol. The van der Waals surface area contributed by atoms with Gasteiger partial charge in [0.15, 0.2) is 17.0 Å². The number of unbranched alkanes of at least 4 members (excludes halogenated alkanes) is 2. The second-order valence-electron chi connectivity index (χ2n) is 7.38. The van der Waals surface area contributed by atoms with E-state index in [1.807, 2.05) is 29.7 Å². The fourth-order valence-corrected chi connectivity index (χ4v) is 3.12. The lowest BCUT2D eigenvalue weighted by molar-refractivity contribution is 0.208. The Labute approximate surface area is 171 Å². The van der Waals surface area contributed by atoms with E-state index in [1.54, 1.807) is 13.3 Å². The van der Waals surface area contributed by atoms with Crippen LogP contribution in [0.25, 0.3) is 11.2 Å². The molecule has 4 N–H and O–H groups in total. The summed E-state index contributed by atoms with van der Waals surface area (Å²) in [7, 11) is 0. The van der Waals surface area contributed by atoms with E-state index in [0.29, 0.717) is 30.4 Å². The van der Waals surface area contributed by atoms with Crippen LogP contribution in [0.1, 0.15) is 44.2 Å². The van der Waals surface area contributed by atoms with Crippen molar-refractivity contribution in [3.8, 4) is 5.75 Å². The van der Waals surface area contributed by atoms with Gasteiger partial charge >= 0.3 is 0 Å². The molecule has 8 nitrogen and oxygen atoms in total. The third kappa shape index (κ3) is 5.14. The van der Waals surface area contributed by atoms with Crippen LogP contribution in [0, 0.1) is 6.92 Å². The second kappa shape index (κ2) is 9.56. The number of imidazole rings is 1. The molecule has 0 aliphatic carbocycles. The van der Waals surface area contributed by atoms with Crippen LogP contribution in [0.4, 0.5) is 11.8 Å². The van der Waals surface area contributed by atoms with Crippen LogP contribution < -0.4 is 10.6 Å². The molecule has 1 unspecified atom stereocenters. The second-order valence-corrected chi connectivity index (χ2v) is 7.38. The van der Waals surface area contributed by atoms with Gasteiger partial charge in [-0.1, -0.05) is 38.0 Å². The van der Waals surface area contributed by atoms with Gasteiger partial charge in [-0.2, -0.15) is 9.97 Å². The van der Waals surface area contributed by atoms with Crippen LogP contribution in [-0.4, -0.2) is 42.4 Å². The fraction of sp³-hybridized carbons (Fsp3) is 0.476. The van der Waals surface area contributed by atoms with Crippen LogP contribution in [0.2, 0.25) is 0 Å². The van der Waals surface area contributed by atoms with Gasteiger partial charge in [0, 0.05) is 25.2 Å². The number of para-hydroxylation sites is 1. The van der Waals surface area contributed by atoms with Gasteiger partial charge in [-0.05, 0) is 25.8 Å². The van der Waals surface area contributed by atoms with Crippen molar-refractivity contribution in [3.05, 3.63) is 35.7 Å². The largest absolute Gasteiger partial charge is 0.507 e. The number of aryl methyl sites for hydroxylation is 2.